The molecule has 2 heterocycles. The molecule has 0 fully saturated rings. The minimum atomic E-state index is 0. The largest absolute Gasteiger partial charge is 1.00 e. The lowest BCUT2D eigenvalue weighted by atomic mass is 10.1. The number of H-pyrrole nitrogens is 1. The molecule has 4 heteroatoms. The van der Waals surface area contributed by atoms with Crippen LogP contribution in [0, 0.1) is 0 Å². The lowest BCUT2D eigenvalue weighted by Gasteiger charge is -2.00. The Balaban J connectivity index is 0.00000147. The van der Waals surface area contributed by atoms with Gasteiger partial charge in [0.05, 0.1) is 0 Å². The van der Waals surface area contributed by atoms with Gasteiger partial charge >= 0.3 is 0 Å². The highest BCUT2D eigenvalue weighted by Crippen LogP contribution is 2.24. The number of aromatic nitrogens is 2. The molecule has 2 aromatic heterocycles. The van der Waals surface area contributed by atoms with E-state index >= 15 is 0 Å². The zero-order valence-corrected chi connectivity index (χ0v) is 14.4. The van der Waals surface area contributed by atoms with Gasteiger partial charge in [0.1, 0.15) is 6.54 Å². The number of benzene rings is 1. The molecule has 0 aliphatic heterocycles. The van der Waals surface area contributed by atoms with Crippen molar-refractivity contribution >= 4 is 26.8 Å². The van der Waals surface area contributed by atoms with Gasteiger partial charge in [0.25, 0.3) is 0 Å². The molecule has 20 heavy (non-hydrogen) atoms. The van der Waals surface area contributed by atoms with Crippen molar-refractivity contribution in [1.82, 2.24) is 4.98 Å². The first-order chi connectivity index (χ1) is 9.26. The summed E-state index contributed by atoms with van der Waals surface area (Å²) in [4.78, 5) is 3.34. The molecule has 0 aliphatic rings. The fraction of sp³-hybridized carbons (Fsp3) is 0.188. The van der Waals surface area contributed by atoms with Crippen LogP contribution in [-0.2, 0) is 13.0 Å². The third kappa shape index (κ3) is 3.13. The number of aryl methyl sites for hydroxylation is 1. The van der Waals surface area contributed by atoms with Crippen LogP contribution in [0.5, 0.6) is 0 Å². The fourth-order valence-electron chi connectivity index (χ4n) is 2.39. The molecule has 3 rings (SSSR count). The Kier molecular flexibility index (Phi) is 5.00. The van der Waals surface area contributed by atoms with E-state index in [1.165, 1.54) is 22.0 Å². The Labute approximate surface area is 137 Å². The van der Waals surface area contributed by atoms with Gasteiger partial charge in [-0.15, -0.1) is 0 Å². The van der Waals surface area contributed by atoms with E-state index in [2.05, 4.69) is 81.3 Å². The van der Waals surface area contributed by atoms with Crippen molar-refractivity contribution in [2.75, 3.05) is 0 Å². The summed E-state index contributed by atoms with van der Waals surface area (Å²) in [5.74, 6) is 0. The number of halogens is 2. The van der Waals surface area contributed by atoms with Crippen LogP contribution in [-0.4, -0.2) is 4.98 Å². The van der Waals surface area contributed by atoms with Crippen LogP contribution >= 0.6 is 15.9 Å². The van der Waals surface area contributed by atoms with Gasteiger partial charge in [-0.1, -0.05) is 15.9 Å². The Morgan fingerprint density at radius 2 is 2.10 bits per heavy atom. The molecule has 1 N–H and O–H groups in total. The van der Waals surface area contributed by atoms with Crippen molar-refractivity contribution in [2.45, 2.75) is 19.9 Å². The van der Waals surface area contributed by atoms with Crippen molar-refractivity contribution in [1.29, 1.82) is 0 Å². The van der Waals surface area contributed by atoms with Gasteiger partial charge in [-0.25, -0.2) is 4.57 Å². The van der Waals surface area contributed by atoms with E-state index in [4.69, 9.17) is 0 Å². The van der Waals surface area contributed by atoms with Gasteiger partial charge in [-0.3, -0.25) is 0 Å². The van der Waals surface area contributed by atoms with Gasteiger partial charge in [0.15, 0.2) is 12.4 Å². The van der Waals surface area contributed by atoms with Crippen molar-refractivity contribution in [2.24, 2.45) is 0 Å². The van der Waals surface area contributed by atoms with Crippen LogP contribution in [0.1, 0.15) is 18.1 Å². The predicted molar refractivity (Wildman–Crippen MR) is 81.1 cm³/mol. The first-order valence-electron chi connectivity index (χ1n) is 6.50. The van der Waals surface area contributed by atoms with Crippen molar-refractivity contribution in [3.05, 3.63) is 64.5 Å². The zero-order valence-electron chi connectivity index (χ0n) is 11.2. The second kappa shape index (κ2) is 6.55. The third-order valence-corrected chi connectivity index (χ3v) is 3.90. The van der Waals surface area contributed by atoms with E-state index in [0.717, 1.165) is 17.4 Å². The van der Waals surface area contributed by atoms with Crippen molar-refractivity contribution in [3.8, 4) is 0 Å². The molecular formula is C16H16Br2N2. The molecule has 2 nitrogen and oxygen atoms in total. The Morgan fingerprint density at radius 1 is 1.25 bits per heavy atom. The van der Waals surface area contributed by atoms with E-state index in [9.17, 15) is 0 Å². The van der Waals surface area contributed by atoms with Crippen LogP contribution in [0.4, 0.5) is 0 Å². The average molecular weight is 396 g/mol. The number of nitrogens with zero attached hydrogens (tertiary/aromatic N) is 1. The Hall–Kier alpha value is -1.13. The number of hydrogen-bond acceptors (Lipinski definition) is 0. The highest BCUT2D eigenvalue weighted by molar-refractivity contribution is 9.10. The summed E-state index contributed by atoms with van der Waals surface area (Å²) in [5, 5.41) is 1.29. The molecule has 0 aliphatic carbocycles. The first kappa shape index (κ1) is 15.3. The van der Waals surface area contributed by atoms with E-state index in [-0.39, 0.29) is 17.0 Å². The maximum absolute atomic E-state index is 3.54. The average Bonchev–Trinajstić information content (AvgIpc) is 2.81. The van der Waals surface area contributed by atoms with Crippen LogP contribution in [0.25, 0.3) is 10.9 Å². The quantitative estimate of drug-likeness (QED) is 0.634. The number of aromatic amines is 1. The number of nitrogens with one attached hydrogen (secondary N) is 1. The molecule has 0 saturated carbocycles. The molecule has 0 bridgehead atoms. The van der Waals surface area contributed by atoms with Crippen molar-refractivity contribution < 1.29 is 21.5 Å². The third-order valence-electron chi connectivity index (χ3n) is 3.41. The number of pyridine rings is 1. The second-order valence-electron chi connectivity index (χ2n) is 4.72. The maximum atomic E-state index is 3.54. The van der Waals surface area contributed by atoms with E-state index in [1.807, 2.05) is 0 Å². The summed E-state index contributed by atoms with van der Waals surface area (Å²) < 4.78 is 3.33. The first-order valence-corrected chi connectivity index (χ1v) is 7.29. The highest BCUT2D eigenvalue weighted by atomic mass is 79.9. The molecule has 0 spiro atoms. The van der Waals surface area contributed by atoms with Crippen molar-refractivity contribution in [3.63, 3.8) is 0 Å². The smallest absolute Gasteiger partial charge is 0.172 e. The van der Waals surface area contributed by atoms with Gasteiger partial charge in [-0.05, 0) is 36.8 Å². The number of fused-ring (bicyclic) bond motifs is 1. The maximum Gasteiger partial charge on any atom is 0.172 e. The Morgan fingerprint density at radius 3 is 2.90 bits per heavy atom. The molecule has 104 valence electrons. The zero-order chi connectivity index (χ0) is 13.2. The monoisotopic (exact) mass is 394 g/mol. The molecule has 0 amide bonds. The SMILES string of the molecule is CC[n+]1cccc(Cc2c[nH]c3ccc(Br)cc23)c1.[Br-]. The predicted octanol–water partition coefficient (Wildman–Crippen LogP) is 0.833. The normalized spacial score (nSPS) is 10.5. The van der Waals surface area contributed by atoms with Gasteiger partial charge < -0.3 is 22.0 Å². The molecule has 0 atom stereocenters. The number of rotatable bonds is 3. The second-order valence-corrected chi connectivity index (χ2v) is 5.64. The minimum absolute atomic E-state index is 0. The lowest BCUT2D eigenvalue weighted by molar-refractivity contribution is -0.693. The molecular weight excluding hydrogens is 380 g/mol. The summed E-state index contributed by atoms with van der Waals surface area (Å²) in [5.41, 5.74) is 3.87. The van der Waals surface area contributed by atoms with Crippen LogP contribution in [0.3, 0.4) is 0 Å². The molecule has 0 radical (unpaired) electrons. The van der Waals surface area contributed by atoms with E-state index in [1.54, 1.807) is 0 Å². The topological polar surface area (TPSA) is 19.7 Å². The van der Waals surface area contributed by atoms with Crippen LogP contribution in [0.15, 0.2) is 53.4 Å². The summed E-state index contributed by atoms with van der Waals surface area (Å²) >= 11 is 3.54. The summed E-state index contributed by atoms with van der Waals surface area (Å²) in [7, 11) is 0. The highest BCUT2D eigenvalue weighted by Gasteiger charge is 2.07. The molecule has 0 unspecified atom stereocenters. The summed E-state index contributed by atoms with van der Waals surface area (Å²) in [6.45, 7) is 3.17. The summed E-state index contributed by atoms with van der Waals surface area (Å²) in [6, 6.07) is 10.7. The van der Waals surface area contributed by atoms with Crippen LogP contribution in [0.2, 0.25) is 0 Å². The summed E-state index contributed by atoms with van der Waals surface area (Å²) in [6.07, 6.45) is 7.39. The fourth-order valence-corrected chi connectivity index (χ4v) is 2.76. The van der Waals surface area contributed by atoms with Crippen LogP contribution < -0.4 is 21.5 Å². The lowest BCUT2D eigenvalue weighted by Crippen LogP contribution is -3.00. The Bertz CT molecular complexity index is 719. The molecule has 0 saturated heterocycles. The van der Waals surface area contributed by atoms with E-state index in [0.29, 0.717) is 0 Å². The van der Waals surface area contributed by atoms with Gasteiger partial charge in [0, 0.05) is 39.6 Å². The number of hydrogen-bond donors (Lipinski definition) is 1. The molecule has 3 aromatic rings. The minimum Gasteiger partial charge on any atom is -1.00 e. The molecule has 1 aromatic carbocycles. The van der Waals surface area contributed by atoms with Gasteiger partial charge in [0.2, 0.25) is 0 Å². The van der Waals surface area contributed by atoms with E-state index < -0.39 is 0 Å². The van der Waals surface area contributed by atoms with Gasteiger partial charge in [-0.2, -0.15) is 0 Å². The standard InChI is InChI=1S/C16H16BrN2.BrH/c1-2-19-7-3-4-12(11-19)8-13-10-18-16-6-5-14(17)9-15(13)16;/h3-7,9-11,18H,2,8H2,1H3;1H/q+1;/p-1.